The van der Waals surface area contributed by atoms with Gasteiger partial charge < -0.3 is 9.47 Å². The standard InChI is InChI=1S/C9H17N3O2/c1-4-12-7-8(10-11-12)9(13-5-2)14-6-3/h7,9H,4-6H2,1-3H3. The first-order valence-corrected chi connectivity index (χ1v) is 4.95. The normalized spacial score (nSPS) is 11.1. The van der Waals surface area contributed by atoms with Crippen molar-refractivity contribution in [2.75, 3.05) is 13.2 Å². The van der Waals surface area contributed by atoms with Crippen LogP contribution in [-0.4, -0.2) is 28.2 Å². The SMILES string of the molecule is CCOC(OCC)c1cn(CC)nn1. The second kappa shape index (κ2) is 5.72. The van der Waals surface area contributed by atoms with E-state index in [9.17, 15) is 0 Å². The molecule has 80 valence electrons. The number of nitrogens with zero attached hydrogens (tertiary/aromatic N) is 3. The predicted molar refractivity (Wildman–Crippen MR) is 51.7 cm³/mol. The molecule has 0 spiro atoms. The lowest BCUT2D eigenvalue weighted by atomic mass is 10.4. The summed E-state index contributed by atoms with van der Waals surface area (Å²) in [5, 5.41) is 7.91. The Labute approximate surface area is 84.0 Å². The Bertz CT molecular complexity index is 256. The fourth-order valence-corrected chi connectivity index (χ4v) is 1.10. The first kappa shape index (κ1) is 11.1. The zero-order valence-electron chi connectivity index (χ0n) is 8.93. The molecular weight excluding hydrogens is 182 g/mol. The van der Waals surface area contributed by atoms with Crippen molar-refractivity contribution in [2.24, 2.45) is 0 Å². The summed E-state index contributed by atoms with van der Waals surface area (Å²) in [5.41, 5.74) is 0.732. The van der Waals surface area contributed by atoms with Gasteiger partial charge in [0.15, 0.2) is 0 Å². The topological polar surface area (TPSA) is 49.2 Å². The monoisotopic (exact) mass is 199 g/mol. The molecule has 0 aliphatic heterocycles. The summed E-state index contributed by atoms with van der Waals surface area (Å²) < 4.78 is 12.5. The Morgan fingerprint density at radius 2 is 1.93 bits per heavy atom. The zero-order valence-corrected chi connectivity index (χ0v) is 8.93. The fourth-order valence-electron chi connectivity index (χ4n) is 1.10. The Morgan fingerprint density at radius 1 is 1.29 bits per heavy atom. The largest absolute Gasteiger partial charge is 0.347 e. The van der Waals surface area contributed by atoms with Crippen molar-refractivity contribution in [3.63, 3.8) is 0 Å². The Kier molecular flexibility index (Phi) is 4.55. The Morgan fingerprint density at radius 3 is 2.36 bits per heavy atom. The van der Waals surface area contributed by atoms with Gasteiger partial charge in [-0.1, -0.05) is 5.21 Å². The van der Waals surface area contributed by atoms with Crippen LogP contribution in [0, 0.1) is 0 Å². The summed E-state index contributed by atoms with van der Waals surface area (Å²) in [6.07, 6.45) is 1.46. The van der Waals surface area contributed by atoms with E-state index in [0.29, 0.717) is 13.2 Å². The summed E-state index contributed by atoms with van der Waals surface area (Å²) >= 11 is 0. The van der Waals surface area contributed by atoms with Gasteiger partial charge in [0.05, 0.1) is 6.20 Å². The van der Waals surface area contributed by atoms with Crippen LogP contribution in [0.4, 0.5) is 0 Å². The van der Waals surface area contributed by atoms with Crippen LogP contribution >= 0.6 is 0 Å². The molecule has 0 aromatic carbocycles. The molecule has 0 saturated heterocycles. The van der Waals surface area contributed by atoms with Gasteiger partial charge in [-0.25, -0.2) is 0 Å². The lowest BCUT2D eigenvalue weighted by molar-refractivity contribution is -0.142. The lowest BCUT2D eigenvalue weighted by Gasteiger charge is -2.13. The highest BCUT2D eigenvalue weighted by atomic mass is 16.7. The second-order valence-corrected chi connectivity index (χ2v) is 2.74. The molecule has 0 saturated carbocycles. The minimum Gasteiger partial charge on any atom is -0.347 e. The molecule has 5 heteroatoms. The van der Waals surface area contributed by atoms with Crippen molar-refractivity contribution in [3.05, 3.63) is 11.9 Å². The van der Waals surface area contributed by atoms with Crippen LogP contribution in [0.2, 0.25) is 0 Å². The number of rotatable bonds is 6. The number of aryl methyl sites for hydroxylation is 1. The maximum absolute atomic E-state index is 5.39. The first-order valence-electron chi connectivity index (χ1n) is 4.95. The third kappa shape index (κ3) is 2.78. The van der Waals surface area contributed by atoms with E-state index in [1.54, 1.807) is 4.68 Å². The van der Waals surface area contributed by atoms with E-state index in [0.717, 1.165) is 12.2 Å². The molecular formula is C9H17N3O2. The summed E-state index contributed by atoms with van der Waals surface area (Å²) in [7, 11) is 0. The van der Waals surface area contributed by atoms with E-state index in [4.69, 9.17) is 9.47 Å². The van der Waals surface area contributed by atoms with E-state index < -0.39 is 0 Å². The smallest absolute Gasteiger partial charge is 0.204 e. The molecule has 0 amide bonds. The van der Waals surface area contributed by atoms with Gasteiger partial charge in [-0.3, -0.25) is 4.68 Å². The summed E-state index contributed by atoms with van der Waals surface area (Å²) in [5.74, 6) is 0. The first-order chi connectivity index (χ1) is 6.81. The number of hydrogen-bond acceptors (Lipinski definition) is 4. The molecule has 5 nitrogen and oxygen atoms in total. The quantitative estimate of drug-likeness (QED) is 0.649. The third-order valence-electron chi connectivity index (χ3n) is 1.76. The molecule has 0 unspecified atom stereocenters. The third-order valence-corrected chi connectivity index (χ3v) is 1.76. The predicted octanol–water partition coefficient (Wildman–Crippen LogP) is 1.37. The highest BCUT2D eigenvalue weighted by Gasteiger charge is 2.14. The van der Waals surface area contributed by atoms with Crippen molar-refractivity contribution < 1.29 is 9.47 Å². The van der Waals surface area contributed by atoms with Crippen LogP contribution < -0.4 is 0 Å². The van der Waals surface area contributed by atoms with Crippen molar-refractivity contribution in [1.29, 1.82) is 0 Å². The van der Waals surface area contributed by atoms with E-state index in [1.807, 2.05) is 27.0 Å². The molecule has 14 heavy (non-hydrogen) atoms. The Hall–Kier alpha value is -0.940. The van der Waals surface area contributed by atoms with Gasteiger partial charge in [0.25, 0.3) is 0 Å². The average molecular weight is 199 g/mol. The molecule has 0 aliphatic rings. The highest BCUT2D eigenvalue weighted by Crippen LogP contribution is 2.15. The number of aromatic nitrogens is 3. The van der Waals surface area contributed by atoms with Crippen molar-refractivity contribution in [2.45, 2.75) is 33.6 Å². The summed E-state index contributed by atoms with van der Waals surface area (Å²) in [4.78, 5) is 0. The number of hydrogen-bond donors (Lipinski definition) is 0. The minimum absolute atomic E-state index is 0.384. The molecule has 1 aromatic rings. The number of ether oxygens (including phenoxy) is 2. The van der Waals surface area contributed by atoms with E-state index >= 15 is 0 Å². The molecule has 1 rings (SSSR count). The zero-order chi connectivity index (χ0) is 10.4. The highest BCUT2D eigenvalue weighted by molar-refractivity contribution is 4.94. The van der Waals surface area contributed by atoms with Gasteiger partial charge in [0.1, 0.15) is 5.69 Å². The van der Waals surface area contributed by atoms with E-state index in [2.05, 4.69) is 10.3 Å². The van der Waals surface area contributed by atoms with Crippen LogP contribution in [0.3, 0.4) is 0 Å². The van der Waals surface area contributed by atoms with Crippen LogP contribution in [0.15, 0.2) is 6.20 Å². The maximum atomic E-state index is 5.39. The molecule has 1 heterocycles. The van der Waals surface area contributed by atoms with Crippen LogP contribution in [0.1, 0.15) is 32.8 Å². The van der Waals surface area contributed by atoms with Gasteiger partial charge in [-0.15, -0.1) is 5.10 Å². The van der Waals surface area contributed by atoms with Gasteiger partial charge in [0, 0.05) is 19.8 Å². The molecule has 0 aliphatic carbocycles. The summed E-state index contributed by atoms with van der Waals surface area (Å²) in [6.45, 7) is 7.87. The molecule has 0 atom stereocenters. The molecule has 0 radical (unpaired) electrons. The van der Waals surface area contributed by atoms with Crippen LogP contribution in [-0.2, 0) is 16.0 Å². The summed E-state index contributed by atoms with van der Waals surface area (Å²) in [6, 6.07) is 0. The van der Waals surface area contributed by atoms with Gasteiger partial charge in [0.2, 0.25) is 6.29 Å². The van der Waals surface area contributed by atoms with Crippen LogP contribution in [0.5, 0.6) is 0 Å². The van der Waals surface area contributed by atoms with Gasteiger partial charge >= 0.3 is 0 Å². The Balaban J connectivity index is 2.65. The fraction of sp³-hybridized carbons (Fsp3) is 0.778. The maximum Gasteiger partial charge on any atom is 0.204 e. The van der Waals surface area contributed by atoms with Crippen LogP contribution in [0.25, 0.3) is 0 Å². The molecule has 1 aromatic heterocycles. The minimum atomic E-state index is -0.384. The second-order valence-electron chi connectivity index (χ2n) is 2.74. The van der Waals surface area contributed by atoms with E-state index in [-0.39, 0.29) is 6.29 Å². The molecule has 0 bridgehead atoms. The van der Waals surface area contributed by atoms with Crippen molar-refractivity contribution in [1.82, 2.24) is 15.0 Å². The average Bonchev–Trinajstić information content (AvgIpc) is 2.65. The lowest BCUT2D eigenvalue weighted by Crippen LogP contribution is -2.09. The van der Waals surface area contributed by atoms with Gasteiger partial charge in [-0.05, 0) is 20.8 Å². The molecule has 0 N–H and O–H groups in total. The van der Waals surface area contributed by atoms with Crippen molar-refractivity contribution in [3.8, 4) is 0 Å². The molecule has 0 fully saturated rings. The van der Waals surface area contributed by atoms with Gasteiger partial charge in [-0.2, -0.15) is 0 Å². The van der Waals surface area contributed by atoms with E-state index in [1.165, 1.54) is 0 Å². The van der Waals surface area contributed by atoms with Crippen molar-refractivity contribution >= 4 is 0 Å².